The van der Waals surface area contributed by atoms with Crippen LogP contribution in [-0.2, 0) is 14.3 Å². The van der Waals surface area contributed by atoms with Crippen LogP contribution in [0.5, 0.6) is 0 Å². The molecule has 0 spiro atoms. The first-order valence-electron chi connectivity index (χ1n) is 3.35. The van der Waals surface area contributed by atoms with Crippen LogP contribution < -0.4 is 0 Å². The Morgan fingerprint density at radius 1 is 1.73 bits per heavy atom. The van der Waals surface area contributed by atoms with E-state index in [2.05, 4.69) is 0 Å². The number of aliphatic carboxylic acids is 1. The largest absolute Gasteiger partial charge is 0.478 e. The molecule has 0 unspecified atom stereocenters. The van der Waals surface area contributed by atoms with E-state index in [9.17, 15) is 9.59 Å². The molecule has 1 N–H and O–H groups in total. The zero-order valence-corrected chi connectivity index (χ0v) is 5.69. The second kappa shape index (κ2) is 1.94. The van der Waals surface area contributed by atoms with E-state index >= 15 is 0 Å². The van der Waals surface area contributed by atoms with E-state index in [1.54, 1.807) is 0 Å². The molecular weight excluding hydrogens is 150 g/mol. The molecule has 2 rings (SSSR count). The number of hydrogen-bond acceptors (Lipinski definition) is 3. The van der Waals surface area contributed by atoms with Crippen molar-refractivity contribution in [3.05, 3.63) is 0 Å². The molecule has 11 heavy (non-hydrogen) atoms. The van der Waals surface area contributed by atoms with Gasteiger partial charge in [-0.3, -0.25) is 4.79 Å². The summed E-state index contributed by atoms with van der Waals surface area (Å²) in [5.74, 6) is -1.21. The Morgan fingerprint density at radius 2 is 2.45 bits per heavy atom. The zero-order chi connectivity index (χ0) is 8.01. The number of rotatable bonds is 1. The number of carboxylic acid groups (broad SMARTS) is 1. The minimum Gasteiger partial charge on any atom is -0.478 e. The number of fused-ring (bicyclic) bond motifs is 1. The molecule has 2 aliphatic rings. The molecule has 0 aromatic carbocycles. The van der Waals surface area contributed by atoms with Gasteiger partial charge in [-0.2, -0.15) is 0 Å². The number of hydrogen-bond donors (Lipinski definition) is 1. The number of carboxylic acids is 1. The second-order valence-electron chi connectivity index (χ2n) is 2.68. The first kappa shape index (κ1) is 6.60. The number of amides is 1. The average Bonchev–Trinajstić information content (AvgIpc) is 2.25. The molecule has 0 radical (unpaired) electrons. The number of ether oxygens (including phenoxy) is 1. The number of carbonyl (C=O) groups excluding carboxylic acids is 1. The van der Waals surface area contributed by atoms with Crippen LogP contribution in [-0.4, -0.2) is 40.8 Å². The summed E-state index contributed by atoms with van der Waals surface area (Å²) in [7, 11) is 0. The quantitative estimate of drug-likeness (QED) is 0.497. The van der Waals surface area contributed by atoms with Gasteiger partial charge in [-0.25, -0.2) is 4.79 Å². The molecule has 5 heteroatoms. The predicted molar refractivity (Wildman–Crippen MR) is 32.6 cm³/mol. The van der Waals surface area contributed by atoms with Gasteiger partial charge in [-0.1, -0.05) is 0 Å². The van der Waals surface area contributed by atoms with Crippen LogP contribution >= 0.6 is 0 Å². The van der Waals surface area contributed by atoms with Gasteiger partial charge in [-0.05, 0) is 0 Å². The molecule has 2 saturated heterocycles. The van der Waals surface area contributed by atoms with E-state index in [0.29, 0.717) is 13.0 Å². The first-order valence-corrected chi connectivity index (χ1v) is 3.35. The van der Waals surface area contributed by atoms with Gasteiger partial charge < -0.3 is 14.7 Å². The topological polar surface area (TPSA) is 66.8 Å². The van der Waals surface area contributed by atoms with E-state index in [-0.39, 0.29) is 11.9 Å². The van der Waals surface area contributed by atoms with Crippen LogP contribution in [0, 0.1) is 0 Å². The normalized spacial score (nSPS) is 34.9. The molecule has 2 atom stereocenters. The Kier molecular flexibility index (Phi) is 1.17. The van der Waals surface area contributed by atoms with Crippen molar-refractivity contribution in [3.8, 4) is 0 Å². The zero-order valence-electron chi connectivity index (χ0n) is 5.69. The lowest BCUT2D eigenvalue weighted by Gasteiger charge is -2.34. The molecule has 2 heterocycles. The summed E-state index contributed by atoms with van der Waals surface area (Å²) < 4.78 is 4.88. The fourth-order valence-corrected chi connectivity index (χ4v) is 1.43. The lowest BCUT2D eigenvalue weighted by molar-refractivity contribution is -0.166. The average molecular weight is 157 g/mol. The SMILES string of the molecule is O=C(O)[C@H]1OC[C@@H]2CC(=O)N21. The van der Waals surface area contributed by atoms with Crippen molar-refractivity contribution in [3.63, 3.8) is 0 Å². The molecule has 2 fully saturated rings. The summed E-state index contributed by atoms with van der Waals surface area (Å²) >= 11 is 0. The van der Waals surface area contributed by atoms with Crippen LogP contribution in [0.4, 0.5) is 0 Å². The van der Waals surface area contributed by atoms with Gasteiger partial charge >= 0.3 is 5.97 Å². The van der Waals surface area contributed by atoms with Gasteiger partial charge in [0.1, 0.15) is 0 Å². The van der Waals surface area contributed by atoms with Crippen molar-refractivity contribution in [2.24, 2.45) is 0 Å². The highest BCUT2D eigenvalue weighted by molar-refractivity contribution is 5.88. The Hall–Kier alpha value is -1.10. The highest BCUT2D eigenvalue weighted by Crippen LogP contribution is 2.29. The van der Waals surface area contributed by atoms with Crippen LogP contribution in [0.15, 0.2) is 0 Å². The molecule has 2 aliphatic heterocycles. The van der Waals surface area contributed by atoms with E-state index in [1.165, 1.54) is 4.90 Å². The lowest BCUT2D eigenvalue weighted by Crippen LogP contribution is -2.55. The third kappa shape index (κ3) is 0.742. The van der Waals surface area contributed by atoms with Crippen molar-refractivity contribution in [2.75, 3.05) is 6.61 Å². The van der Waals surface area contributed by atoms with Gasteiger partial charge in [0.25, 0.3) is 0 Å². The van der Waals surface area contributed by atoms with E-state index in [0.717, 1.165) is 0 Å². The van der Waals surface area contributed by atoms with Gasteiger partial charge in [0.15, 0.2) is 0 Å². The van der Waals surface area contributed by atoms with Crippen molar-refractivity contribution in [1.29, 1.82) is 0 Å². The third-order valence-electron chi connectivity index (χ3n) is 2.00. The van der Waals surface area contributed by atoms with Gasteiger partial charge in [0, 0.05) is 6.42 Å². The summed E-state index contributed by atoms with van der Waals surface area (Å²) in [5.41, 5.74) is 0. The maximum absolute atomic E-state index is 10.8. The van der Waals surface area contributed by atoms with Crippen LogP contribution in [0.2, 0.25) is 0 Å². The van der Waals surface area contributed by atoms with E-state index in [4.69, 9.17) is 9.84 Å². The number of nitrogens with zero attached hydrogens (tertiary/aromatic N) is 1. The Bertz CT molecular complexity index is 219. The maximum Gasteiger partial charge on any atom is 0.354 e. The van der Waals surface area contributed by atoms with E-state index in [1.807, 2.05) is 0 Å². The van der Waals surface area contributed by atoms with Gasteiger partial charge in [0.05, 0.1) is 12.6 Å². The highest BCUT2D eigenvalue weighted by Gasteiger charge is 2.49. The standard InChI is InChI=1S/C6H7NO4/c8-4-1-3-2-11-5(6(9)10)7(3)4/h3,5H,1-2H2,(H,9,10)/t3-,5+/m0/s1. The van der Waals surface area contributed by atoms with Crippen molar-refractivity contribution in [2.45, 2.75) is 18.7 Å². The molecule has 0 aromatic rings. The lowest BCUT2D eigenvalue weighted by atomic mass is 10.0. The Labute approximate surface area is 62.5 Å². The highest BCUT2D eigenvalue weighted by atomic mass is 16.5. The molecule has 0 saturated carbocycles. The maximum atomic E-state index is 10.8. The third-order valence-corrected chi connectivity index (χ3v) is 2.00. The molecule has 0 aliphatic carbocycles. The Morgan fingerprint density at radius 3 is 2.91 bits per heavy atom. The fourth-order valence-electron chi connectivity index (χ4n) is 1.43. The van der Waals surface area contributed by atoms with Crippen molar-refractivity contribution >= 4 is 11.9 Å². The smallest absolute Gasteiger partial charge is 0.354 e. The molecular formula is C6H7NO4. The summed E-state index contributed by atoms with van der Waals surface area (Å²) in [6.07, 6.45) is -0.592. The molecule has 0 aromatic heterocycles. The second-order valence-corrected chi connectivity index (χ2v) is 2.68. The molecule has 0 bridgehead atoms. The number of carbonyl (C=O) groups is 2. The van der Waals surface area contributed by atoms with Crippen LogP contribution in [0.1, 0.15) is 6.42 Å². The van der Waals surface area contributed by atoms with Gasteiger partial charge in [0.2, 0.25) is 12.1 Å². The van der Waals surface area contributed by atoms with Gasteiger partial charge in [-0.15, -0.1) is 0 Å². The summed E-state index contributed by atoms with van der Waals surface area (Å²) in [6.45, 7) is 0.364. The summed E-state index contributed by atoms with van der Waals surface area (Å²) in [5, 5.41) is 8.53. The first-order chi connectivity index (χ1) is 5.20. The minimum atomic E-state index is -1.08. The van der Waals surface area contributed by atoms with Crippen LogP contribution in [0.25, 0.3) is 0 Å². The molecule has 5 nitrogen and oxygen atoms in total. The van der Waals surface area contributed by atoms with Crippen molar-refractivity contribution < 1.29 is 19.4 Å². The monoisotopic (exact) mass is 157 g/mol. The number of β-lactam (4-membered cyclic amide) rings is 1. The molecule has 1 amide bonds. The summed E-state index contributed by atoms with van der Waals surface area (Å²) in [4.78, 5) is 22.5. The minimum absolute atomic E-state index is 0.0172. The van der Waals surface area contributed by atoms with E-state index < -0.39 is 12.2 Å². The van der Waals surface area contributed by atoms with Crippen LogP contribution in [0.3, 0.4) is 0 Å². The fraction of sp³-hybridized carbons (Fsp3) is 0.667. The summed E-state index contributed by atoms with van der Waals surface area (Å²) in [6, 6.07) is 0.0172. The molecule has 60 valence electrons. The Balaban J connectivity index is 2.14. The van der Waals surface area contributed by atoms with Crippen molar-refractivity contribution in [1.82, 2.24) is 4.90 Å². The predicted octanol–water partition coefficient (Wildman–Crippen LogP) is -0.972.